The van der Waals surface area contributed by atoms with Gasteiger partial charge in [0.1, 0.15) is 0 Å². The number of aromatic nitrogens is 1. The molecule has 2 heterocycles. The number of nitrogens with zero attached hydrogens (tertiary/aromatic N) is 2. The van der Waals surface area contributed by atoms with E-state index in [0.717, 1.165) is 19.4 Å². The van der Waals surface area contributed by atoms with Crippen LogP contribution in [-0.4, -0.2) is 55.8 Å². The van der Waals surface area contributed by atoms with Crippen molar-refractivity contribution in [1.29, 1.82) is 0 Å². The summed E-state index contributed by atoms with van der Waals surface area (Å²) in [6, 6.07) is 1.20. The molecule has 1 aromatic rings. The lowest BCUT2D eigenvalue weighted by Gasteiger charge is -2.27. The van der Waals surface area contributed by atoms with E-state index in [1.165, 1.54) is 19.4 Å². The van der Waals surface area contributed by atoms with Gasteiger partial charge in [0.15, 0.2) is 5.69 Å². The van der Waals surface area contributed by atoms with Crippen LogP contribution >= 0.6 is 11.6 Å². The van der Waals surface area contributed by atoms with Crippen LogP contribution in [0.1, 0.15) is 23.3 Å². The smallest absolute Gasteiger partial charge is 0.358 e. The van der Waals surface area contributed by atoms with Gasteiger partial charge in [0.25, 0.3) is 0 Å². The van der Waals surface area contributed by atoms with Crippen LogP contribution in [0.5, 0.6) is 0 Å². The fraction of sp³-hybridized carbons (Fsp3) is 0.533. The molecule has 0 bridgehead atoms. The molecule has 0 aromatic carbocycles. The zero-order valence-corrected chi connectivity index (χ0v) is 13.9. The average molecular weight is 342 g/mol. The van der Waals surface area contributed by atoms with Gasteiger partial charge in [-0.05, 0) is 18.9 Å². The van der Waals surface area contributed by atoms with Gasteiger partial charge in [-0.15, -0.1) is 0 Å². The highest BCUT2D eigenvalue weighted by atomic mass is 35.5. The molecule has 1 aliphatic heterocycles. The monoisotopic (exact) mass is 341 g/mol. The molecule has 0 saturated carbocycles. The predicted molar refractivity (Wildman–Crippen MR) is 85.8 cm³/mol. The number of halogens is 1. The summed E-state index contributed by atoms with van der Waals surface area (Å²) in [5.41, 5.74) is 0.430. The first-order valence-electron chi connectivity index (χ1n) is 7.35. The maximum absolute atomic E-state index is 12.2. The van der Waals surface area contributed by atoms with E-state index in [1.54, 1.807) is 11.9 Å². The molecule has 1 atom stereocenters. The Labute approximate surface area is 139 Å². The Balaban J connectivity index is 1.93. The molecule has 2 amide bonds. The maximum Gasteiger partial charge on any atom is 0.358 e. The Morgan fingerprint density at radius 1 is 1.57 bits per heavy atom. The van der Waals surface area contributed by atoms with Crippen molar-refractivity contribution < 1.29 is 19.1 Å². The molecule has 1 aromatic heterocycles. The molecule has 126 valence electrons. The second-order valence-corrected chi connectivity index (χ2v) is 5.85. The van der Waals surface area contributed by atoms with E-state index in [9.17, 15) is 9.59 Å². The zero-order chi connectivity index (χ0) is 16.8. The third-order valence-electron chi connectivity index (χ3n) is 3.60. The van der Waals surface area contributed by atoms with Gasteiger partial charge in [0.2, 0.25) is 0 Å². The molecule has 1 saturated heterocycles. The number of esters is 1. The van der Waals surface area contributed by atoms with Crippen molar-refractivity contribution in [3.8, 4) is 0 Å². The summed E-state index contributed by atoms with van der Waals surface area (Å²) in [5.74, 6) is -0.273. The van der Waals surface area contributed by atoms with Crippen molar-refractivity contribution >= 4 is 29.3 Å². The van der Waals surface area contributed by atoms with Gasteiger partial charge in [0, 0.05) is 26.1 Å². The SMILES string of the molecule is COC(=O)c1ncc(NC(=O)N(C)CC2CCCOC2)cc1Cl. The summed E-state index contributed by atoms with van der Waals surface area (Å²) < 4.78 is 9.98. The number of rotatable bonds is 4. The van der Waals surface area contributed by atoms with Crippen LogP contribution in [0.4, 0.5) is 10.5 Å². The van der Waals surface area contributed by atoms with Crippen molar-refractivity contribution in [2.24, 2.45) is 5.92 Å². The number of hydrogen-bond donors (Lipinski definition) is 1. The molecule has 0 aliphatic carbocycles. The first kappa shape index (κ1) is 17.5. The molecule has 1 N–H and O–H groups in total. The van der Waals surface area contributed by atoms with E-state index in [4.69, 9.17) is 16.3 Å². The minimum Gasteiger partial charge on any atom is -0.464 e. The van der Waals surface area contributed by atoms with E-state index in [2.05, 4.69) is 15.0 Å². The van der Waals surface area contributed by atoms with Crippen molar-refractivity contribution in [3.63, 3.8) is 0 Å². The average Bonchev–Trinajstić information content (AvgIpc) is 2.55. The van der Waals surface area contributed by atoms with Crippen LogP contribution < -0.4 is 5.32 Å². The summed E-state index contributed by atoms with van der Waals surface area (Å²) in [6.07, 6.45) is 3.45. The number of carbonyl (C=O) groups excluding carboxylic acids is 2. The first-order chi connectivity index (χ1) is 11.0. The number of pyridine rings is 1. The predicted octanol–water partition coefficient (Wildman–Crippen LogP) is 2.41. The molecule has 0 radical (unpaired) electrons. The van der Waals surface area contributed by atoms with Gasteiger partial charge in [-0.25, -0.2) is 14.6 Å². The molecule has 1 unspecified atom stereocenters. The molecular formula is C15H20ClN3O4. The Morgan fingerprint density at radius 2 is 2.35 bits per heavy atom. The molecule has 1 fully saturated rings. The minimum atomic E-state index is -0.623. The third kappa shape index (κ3) is 4.80. The summed E-state index contributed by atoms with van der Waals surface area (Å²) in [5, 5.41) is 2.83. The van der Waals surface area contributed by atoms with Crippen molar-refractivity contribution in [1.82, 2.24) is 9.88 Å². The van der Waals surface area contributed by atoms with Crippen molar-refractivity contribution in [2.75, 3.05) is 39.2 Å². The van der Waals surface area contributed by atoms with Crippen LogP contribution in [-0.2, 0) is 9.47 Å². The highest BCUT2D eigenvalue weighted by Crippen LogP contribution is 2.20. The van der Waals surface area contributed by atoms with Crippen LogP contribution in [0.3, 0.4) is 0 Å². The molecule has 2 rings (SSSR count). The van der Waals surface area contributed by atoms with Crippen LogP contribution in [0.25, 0.3) is 0 Å². The highest BCUT2D eigenvalue weighted by molar-refractivity contribution is 6.33. The van der Waals surface area contributed by atoms with Gasteiger partial charge in [-0.3, -0.25) is 0 Å². The summed E-state index contributed by atoms with van der Waals surface area (Å²) >= 11 is 5.98. The number of methoxy groups -OCH3 is 1. The molecule has 7 nitrogen and oxygen atoms in total. The van der Waals surface area contributed by atoms with Crippen molar-refractivity contribution in [2.45, 2.75) is 12.8 Å². The Bertz CT molecular complexity index is 576. The Morgan fingerprint density at radius 3 is 2.96 bits per heavy atom. The van der Waals surface area contributed by atoms with Crippen LogP contribution in [0, 0.1) is 5.92 Å². The second kappa shape index (κ2) is 8.12. The molecule has 0 spiro atoms. The molecule has 23 heavy (non-hydrogen) atoms. The number of hydrogen-bond acceptors (Lipinski definition) is 5. The summed E-state index contributed by atoms with van der Waals surface area (Å²) in [6.45, 7) is 2.09. The first-order valence-corrected chi connectivity index (χ1v) is 7.72. The summed E-state index contributed by atoms with van der Waals surface area (Å²) in [7, 11) is 2.97. The number of ether oxygens (including phenoxy) is 2. The quantitative estimate of drug-likeness (QED) is 0.850. The second-order valence-electron chi connectivity index (χ2n) is 5.44. The Hall–Kier alpha value is -1.86. The van der Waals surface area contributed by atoms with Gasteiger partial charge in [-0.2, -0.15) is 0 Å². The van der Waals surface area contributed by atoms with Gasteiger partial charge in [-0.1, -0.05) is 11.6 Å². The number of urea groups is 1. The maximum atomic E-state index is 12.2. The fourth-order valence-electron chi connectivity index (χ4n) is 2.39. The molecular weight excluding hydrogens is 322 g/mol. The van der Waals surface area contributed by atoms with Gasteiger partial charge in [0.05, 0.1) is 30.6 Å². The highest BCUT2D eigenvalue weighted by Gasteiger charge is 2.19. The molecule has 1 aliphatic rings. The van der Waals surface area contributed by atoms with E-state index < -0.39 is 5.97 Å². The number of amides is 2. The minimum absolute atomic E-state index is 0.0138. The lowest BCUT2D eigenvalue weighted by molar-refractivity contribution is 0.0464. The summed E-state index contributed by atoms with van der Waals surface area (Å²) in [4.78, 5) is 29.1. The standard InChI is InChI=1S/C15H20ClN3O4/c1-19(8-10-4-3-5-23-9-10)15(21)18-11-6-12(16)13(17-7-11)14(20)22-2/h6-7,10H,3-5,8-9H2,1-2H3,(H,18,21). The van der Waals surface area contributed by atoms with Crippen LogP contribution in [0.15, 0.2) is 12.3 Å². The van der Waals surface area contributed by atoms with E-state index >= 15 is 0 Å². The van der Waals surface area contributed by atoms with E-state index in [0.29, 0.717) is 24.8 Å². The molecule has 8 heteroatoms. The topological polar surface area (TPSA) is 80.8 Å². The van der Waals surface area contributed by atoms with Gasteiger partial charge < -0.3 is 19.7 Å². The van der Waals surface area contributed by atoms with E-state index in [-0.39, 0.29) is 16.7 Å². The van der Waals surface area contributed by atoms with E-state index in [1.807, 2.05) is 0 Å². The van der Waals surface area contributed by atoms with Crippen LogP contribution in [0.2, 0.25) is 5.02 Å². The Kier molecular flexibility index (Phi) is 6.18. The number of anilines is 1. The largest absolute Gasteiger partial charge is 0.464 e. The van der Waals surface area contributed by atoms with Gasteiger partial charge >= 0.3 is 12.0 Å². The van der Waals surface area contributed by atoms with Crippen molar-refractivity contribution in [3.05, 3.63) is 23.0 Å². The number of nitrogens with one attached hydrogen (secondary N) is 1. The number of carbonyl (C=O) groups is 2. The zero-order valence-electron chi connectivity index (χ0n) is 13.2. The normalized spacial score (nSPS) is 17.4. The lowest BCUT2D eigenvalue weighted by Crippen LogP contribution is -2.37. The fourth-order valence-corrected chi connectivity index (χ4v) is 2.64. The lowest BCUT2D eigenvalue weighted by atomic mass is 10.0. The third-order valence-corrected chi connectivity index (χ3v) is 3.89.